The van der Waals surface area contributed by atoms with E-state index in [0.29, 0.717) is 17.7 Å². The van der Waals surface area contributed by atoms with Crippen LogP contribution in [-0.2, 0) is 20.2 Å². The third kappa shape index (κ3) is 11.2. The Hall–Kier alpha value is -0.780. The fraction of sp³-hybridized carbons (Fsp3) is 0.0476. The molecule has 0 aliphatic carbocycles. The van der Waals surface area contributed by atoms with E-state index in [1.807, 2.05) is 0 Å². The molecule has 0 atom stereocenters. The maximum atomic E-state index is 11.8. The Bertz CT molecular complexity index is 1820. The molecule has 3 aromatic carbocycles. The van der Waals surface area contributed by atoms with Crippen molar-refractivity contribution in [2.45, 2.75) is 16.7 Å². The molecule has 0 fully saturated rings. The molecule has 3 rings (SSSR count). The van der Waals surface area contributed by atoms with Gasteiger partial charge in [0.25, 0.3) is 0 Å². The summed E-state index contributed by atoms with van der Waals surface area (Å²) in [6.07, 6.45) is 0. The van der Waals surface area contributed by atoms with Gasteiger partial charge in [-0.25, -0.2) is 16.8 Å². The van der Waals surface area contributed by atoms with Crippen LogP contribution in [-0.4, -0.2) is 37.9 Å². The Labute approximate surface area is 333 Å². The number of carboxylic acids is 2. The number of anilines is 2. The maximum absolute atomic E-state index is 11.8. The van der Waals surface area contributed by atoms with Crippen molar-refractivity contribution >= 4 is 66.3 Å². The Balaban J connectivity index is 0. The molecule has 0 aromatic heterocycles. The van der Waals surface area contributed by atoms with Crippen molar-refractivity contribution in [1.82, 2.24) is 0 Å². The summed E-state index contributed by atoms with van der Waals surface area (Å²) in [5.41, 5.74) is 7.82. The number of hydrogen-bond acceptors (Lipinski definition) is 16. The number of nitrogens with two attached hydrogens (primary N) is 2. The van der Waals surface area contributed by atoms with E-state index in [9.17, 15) is 45.7 Å². The van der Waals surface area contributed by atoms with E-state index in [0.717, 1.165) is 12.1 Å². The molecular weight excluding hydrogens is 652 g/mol. The van der Waals surface area contributed by atoms with E-state index in [4.69, 9.17) is 11.5 Å². The molecule has 4 N–H and O–H groups in total. The van der Waals surface area contributed by atoms with E-state index in [1.54, 1.807) is 6.92 Å². The Morgan fingerprint density at radius 3 is 1.60 bits per heavy atom. The monoisotopic (exact) mass is 666 g/mol. The van der Waals surface area contributed by atoms with Crippen LogP contribution < -0.4 is 140 Å². The van der Waals surface area contributed by atoms with Crippen molar-refractivity contribution < 1.29 is 164 Å². The molecule has 0 heterocycles. The van der Waals surface area contributed by atoms with Crippen LogP contribution in [0, 0.1) is 6.92 Å². The number of hydrogen-bond donors (Lipinski definition) is 2. The molecule has 3 aromatic rings. The van der Waals surface area contributed by atoms with Crippen LogP contribution in [0.3, 0.4) is 0 Å². The Kier molecular flexibility index (Phi) is 18.3. The number of azo groups is 2. The summed E-state index contributed by atoms with van der Waals surface area (Å²) < 4.78 is 69.0. The van der Waals surface area contributed by atoms with Crippen LogP contribution in [0.1, 0.15) is 26.3 Å². The number of carboxylic acid groups (broad SMARTS) is 2. The molecule has 16 nitrogen and oxygen atoms in total. The zero-order chi connectivity index (χ0) is 29.3. The molecular formula is C21H14N6Na4O10S2. The summed E-state index contributed by atoms with van der Waals surface area (Å²) >= 11 is 0. The second kappa shape index (κ2) is 17.8. The maximum Gasteiger partial charge on any atom is 1.00 e. The standard InChI is InChI=1S/C21H18N6O10S2.4Na/c1-9-2-4-13(11(6-9)20(28)29)25-27-19-17(22)15(8-16(18(19)23)39(35,36)37)26-24-14-5-3-10(38(32,33)34)7-12(14)21(30)31;;;;/h2-8H,22-23H2,1H3,(H,28,29)(H,30,31)(H,32,33,34)(H,35,36,37);;;;/q;4*+1/p-4. The molecule has 0 saturated carbocycles. The normalized spacial score (nSPS) is 11.1. The summed E-state index contributed by atoms with van der Waals surface area (Å²) in [5.74, 6) is -3.53. The van der Waals surface area contributed by atoms with Crippen LogP contribution in [0.4, 0.5) is 34.1 Å². The van der Waals surface area contributed by atoms with Crippen molar-refractivity contribution in [1.29, 1.82) is 0 Å². The topological polar surface area (TPSA) is 296 Å². The summed E-state index contributed by atoms with van der Waals surface area (Å²) in [6, 6.07) is 6.61. The predicted molar refractivity (Wildman–Crippen MR) is 126 cm³/mol. The molecule has 0 spiro atoms. The molecule has 22 heteroatoms. The van der Waals surface area contributed by atoms with Crippen molar-refractivity contribution in [2.75, 3.05) is 11.5 Å². The minimum atomic E-state index is -5.28. The summed E-state index contributed by atoms with van der Waals surface area (Å²) in [7, 11) is -10.3. The zero-order valence-electron chi connectivity index (χ0n) is 23.4. The first-order valence-corrected chi connectivity index (χ1v) is 13.0. The number of nitrogens with zero attached hydrogens (tertiary/aromatic N) is 4. The minimum absolute atomic E-state index is 0. The van der Waals surface area contributed by atoms with Gasteiger partial charge < -0.3 is 40.4 Å². The molecule has 0 bridgehead atoms. The fourth-order valence-corrected chi connectivity index (χ4v) is 4.21. The average Bonchev–Trinajstić information content (AvgIpc) is 2.82. The van der Waals surface area contributed by atoms with Crippen LogP contribution in [0.2, 0.25) is 0 Å². The van der Waals surface area contributed by atoms with Crippen molar-refractivity contribution in [3.8, 4) is 0 Å². The van der Waals surface area contributed by atoms with E-state index in [2.05, 4.69) is 20.5 Å². The van der Waals surface area contributed by atoms with Gasteiger partial charge in [-0.15, -0.1) is 20.5 Å². The quantitative estimate of drug-likeness (QED) is 0.0980. The number of aromatic carboxylic acids is 2. The molecule has 204 valence electrons. The smallest absolute Gasteiger partial charge is 0.744 e. The number of nitrogen functional groups attached to an aromatic ring is 2. The van der Waals surface area contributed by atoms with Gasteiger partial charge >= 0.3 is 118 Å². The first-order valence-electron chi connectivity index (χ1n) is 10.1. The van der Waals surface area contributed by atoms with Crippen LogP contribution in [0.5, 0.6) is 0 Å². The second-order valence-electron chi connectivity index (χ2n) is 7.65. The minimum Gasteiger partial charge on any atom is -0.744 e. The van der Waals surface area contributed by atoms with Gasteiger partial charge in [0.2, 0.25) is 0 Å². The number of aryl methyl sites for hydroxylation is 1. The largest absolute Gasteiger partial charge is 1.00 e. The summed E-state index contributed by atoms with van der Waals surface area (Å²) in [4.78, 5) is 20.9. The van der Waals surface area contributed by atoms with Crippen molar-refractivity contribution in [2.24, 2.45) is 20.5 Å². The number of carbonyl (C=O) groups is 2. The van der Waals surface area contributed by atoms with Gasteiger partial charge in [-0.3, -0.25) is 0 Å². The van der Waals surface area contributed by atoms with Crippen molar-refractivity contribution in [3.63, 3.8) is 0 Å². The molecule has 43 heavy (non-hydrogen) atoms. The molecule has 0 aliphatic rings. The van der Waals surface area contributed by atoms with Gasteiger partial charge in [0, 0.05) is 11.1 Å². The number of benzene rings is 3. The van der Waals surface area contributed by atoms with Crippen LogP contribution in [0.25, 0.3) is 0 Å². The van der Waals surface area contributed by atoms with E-state index >= 15 is 0 Å². The Morgan fingerprint density at radius 1 is 0.651 bits per heavy atom. The van der Waals surface area contributed by atoms with Crippen LogP contribution >= 0.6 is 0 Å². The van der Waals surface area contributed by atoms with Gasteiger partial charge in [-0.05, 0) is 43.3 Å². The third-order valence-corrected chi connectivity index (χ3v) is 6.67. The van der Waals surface area contributed by atoms with Gasteiger partial charge in [0.15, 0.2) is 0 Å². The molecule has 0 aliphatic heterocycles. The van der Waals surface area contributed by atoms with Crippen LogP contribution in [0.15, 0.2) is 72.7 Å². The van der Waals surface area contributed by atoms with Gasteiger partial charge in [-0.1, -0.05) is 11.6 Å². The second-order valence-corrected chi connectivity index (χ2v) is 10.4. The SMILES string of the molecule is Cc1ccc(N=Nc2c(N)c(N=Nc3ccc(S(=O)(=O)[O-])cc3C(=O)[O-])cc(S(=O)(=O)[O-])c2N)c(C(=O)[O-])c1.[Na+].[Na+].[Na+].[Na+]. The average molecular weight is 666 g/mol. The number of carbonyl (C=O) groups excluding carboxylic acids is 2. The molecule has 0 amide bonds. The molecule has 0 unspecified atom stereocenters. The van der Waals surface area contributed by atoms with Crippen molar-refractivity contribution in [3.05, 3.63) is 59.2 Å². The van der Waals surface area contributed by atoms with E-state index < -0.39 is 76.0 Å². The summed E-state index contributed by atoms with van der Waals surface area (Å²) in [6.45, 7) is 1.60. The Morgan fingerprint density at radius 2 is 1.12 bits per heavy atom. The van der Waals surface area contributed by atoms with Gasteiger partial charge in [-0.2, -0.15) is 0 Å². The third-order valence-electron chi connectivity index (χ3n) is 4.96. The molecule has 0 radical (unpaired) electrons. The summed E-state index contributed by atoms with van der Waals surface area (Å²) in [5, 5.41) is 37.5. The fourth-order valence-electron chi connectivity index (χ4n) is 3.09. The van der Waals surface area contributed by atoms with Gasteiger partial charge in [0.1, 0.15) is 31.6 Å². The number of rotatable bonds is 8. The van der Waals surface area contributed by atoms with E-state index in [-0.39, 0.29) is 129 Å². The van der Waals surface area contributed by atoms with E-state index in [1.165, 1.54) is 18.2 Å². The first kappa shape index (κ1) is 44.3. The first-order chi connectivity index (χ1) is 18.0. The van der Waals surface area contributed by atoms with Gasteiger partial charge in [0.05, 0.1) is 44.5 Å². The molecule has 0 saturated heterocycles. The predicted octanol–water partition coefficient (Wildman–Crippen LogP) is -11.5. The zero-order valence-corrected chi connectivity index (χ0v) is 33.0.